The summed E-state index contributed by atoms with van der Waals surface area (Å²) in [6.45, 7) is 5.44. The van der Waals surface area contributed by atoms with Crippen molar-refractivity contribution in [2.45, 2.75) is 46.1 Å². The number of hydrogen-bond donors (Lipinski definition) is 0. The van der Waals surface area contributed by atoms with Crippen molar-refractivity contribution < 1.29 is 4.74 Å². The van der Waals surface area contributed by atoms with E-state index in [1.54, 1.807) is 11.3 Å². The van der Waals surface area contributed by atoms with Crippen molar-refractivity contribution in [2.75, 3.05) is 6.61 Å². The fourth-order valence-corrected chi connectivity index (χ4v) is 4.23. The fourth-order valence-electron chi connectivity index (χ4n) is 2.80. The zero-order valence-corrected chi connectivity index (χ0v) is 13.5. The molecule has 3 rings (SSSR count). The standard InChI is InChI=1S/C15H19ClN2OS/c1-9-10(2)20-15-13(9)14(16)17-12(18-15)8-19-7-11-5-3-4-6-11/h11H,3-8H2,1-2H3. The smallest absolute Gasteiger partial charge is 0.157 e. The minimum atomic E-state index is 0.460. The Morgan fingerprint density at radius 3 is 2.75 bits per heavy atom. The molecule has 2 heterocycles. The SMILES string of the molecule is Cc1sc2nc(COCC3CCCC3)nc(Cl)c2c1C. The number of aryl methyl sites for hydroxylation is 2. The van der Waals surface area contributed by atoms with Crippen molar-refractivity contribution >= 4 is 33.2 Å². The quantitative estimate of drug-likeness (QED) is 0.770. The molecular formula is C15H19ClN2OS. The van der Waals surface area contributed by atoms with Gasteiger partial charge in [-0.05, 0) is 38.2 Å². The molecule has 0 amide bonds. The van der Waals surface area contributed by atoms with Gasteiger partial charge in [0.25, 0.3) is 0 Å². The molecule has 20 heavy (non-hydrogen) atoms. The maximum atomic E-state index is 6.29. The lowest BCUT2D eigenvalue weighted by atomic mass is 10.1. The predicted octanol–water partition coefficient (Wildman–Crippen LogP) is 4.67. The highest BCUT2D eigenvalue weighted by Gasteiger charge is 2.16. The Kier molecular flexibility index (Phi) is 4.24. The van der Waals surface area contributed by atoms with E-state index in [1.807, 2.05) is 0 Å². The predicted molar refractivity (Wildman–Crippen MR) is 83.5 cm³/mol. The average molecular weight is 311 g/mol. The van der Waals surface area contributed by atoms with Gasteiger partial charge in [0.05, 0.1) is 5.39 Å². The van der Waals surface area contributed by atoms with Gasteiger partial charge < -0.3 is 4.74 Å². The number of ether oxygens (including phenoxy) is 1. The van der Waals surface area contributed by atoms with Gasteiger partial charge in [-0.2, -0.15) is 0 Å². The van der Waals surface area contributed by atoms with Crippen LogP contribution in [0, 0.1) is 19.8 Å². The molecule has 1 aliphatic carbocycles. The molecule has 0 spiro atoms. The molecule has 1 saturated carbocycles. The summed E-state index contributed by atoms with van der Waals surface area (Å²) in [4.78, 5) is 11.2. The number of halogens is 1. The molecule has 1 fully saturated rings. The molecular weight excluding hydrogens is 292 g/mol. The van der Waals surface area contributed by atoms with E-state index in [2.05, 4.69) is 23.8 Å². The van der Waals surface area contributed by atoms with Crippen LogP contribution in [0.1, 0.15) is 41.9 Å². The van der Waals surface area contributed by atoms with E-state index in [9.17, 15) is 0 Å². The minimum Gasteiger partial charge on any atom is -0.373 e. The molecule has 2 aromatic rings. The van der Waals surface area contributed by atoms with E-state index < -0.39 is 0 Å². The zero-order valence-electron chi connectivity index (χ0n) is 11.9. The Morgan fingerprint density at radius 1 is 1.25 bits per heavy atom. The molecule has 2 aromatic heterocycles. The third-order valence-corrected chi connectivity index (χ3v) is 5.46. The van der Waals surface area contributed by atoms with Gasteiger partial charge in [0.1, 0.15) is 16.6 Å². The monoisotopic (exact) mass is 310 g/mol. The minimum absolute atomic E-state index is 0.460. The second-order valence-electron chi connectivity index (χ2n) is 5.56. The lowest BCUT2D eigenvalue weighted by Crippen LogP contribution is -2.07. The average Bonchev–Trinajstić information content (AvgIpc) is 2.99. The maximum Gasteiger partial charge on any atom is 0.157 e. The summed E-state index contributed by atoms with van der Waals surface area (Å²) in [5, 5.41) is 1.55. The van der Waals surface area contributed by atoms with E-state index in [4.69, 9.17) is 16.3 Å². The Balaban J connectivity index is 1.72. The molecule has 0 saturated heterocycles. The molecule has 0 N–H and O–H groups in total. The number of aromatic nitrogens is 2. The Bertz CT molecular complexity index is 620. The lowest BCUT2D eigenvalue weighted by molar-refractivity contribution is 0.0846. The van der Waals surface area contributed by atoms with Gasteiger partial charge in [0.2, 0.25) is 0 Å². The highest BCUT2D eigenvalue weighted by Crippen LogP contribution is 2.33. The Labute approximate surface area is 128 Å². The fraction of sp³-hybridized carbons (Fsp3) is 0.600. The topological polar surface area (TPSA) is 35.0 Å². The summed E-state index contributed by atoms with van der Waals surface area (Å²) in [5.74, 6) is 1.42. The largest absolute Gasteiger partial charge is 0.373 e. The second-order valence-corrected chi connectivity index (χ2v) is 7.12. The maximum absolute atomic E-state index is 6.29. The van der Waals surface area contributed by atoms with E-state index in [1.165, 1.54) is 36.1 Å². The van der Waals surface area contributed by atoms with E-state index in [-0.39, 0.29) is 0 Å². The number of fused-ring (bicyclic) bond motifs is 1. The van der Waals surface area contributed by atoms with Gasteiger partial charge in [-0.3, -0.25) is 0 Å². The van der Waals surface area contributed by atoms with E-state index in [0.29, 0.717) is 17.6 Å². The van der Waals surface area contributed by atoms with Crippen molar-refractivity contribution in [2.24, 2.45) is 5.92 Å². The Morgan fingerprint density at radius 2 is 2.00 bits per heavy atom. The molecule has 108 valence electrons. The van der Waals surface area contributed by atoms with Crippen LogP contribution in [-0.2, 0) is 11.3 Å². The summed E-state index contributed by atoms with van der Waals surface area (Å²) in [6.07, 6.45) is 5.28. The number of hydrogen-bond acceptors (Lipinski definition) is 4. The van der Waals surface area contributed by atoms with Gasteiger partial charge in [0, 0.05) is 11.5 Å². The number of rotatable bonds is 4. The van der Waals surface area contributed by atoms with Crippen molar-refractivity contribution in [1.29, 1.82) is 0 Å². The third-order valence-electron chi connectivity index (χ3n) is 4.09. The van der Waals surface area contributed by atoms with E-state index >= 15 is 0 Å². The summed E-state index contributed by atoms with van der Waals surface area (Å²) in [6, 6.07) is 0. The van der Waals surface area contributed by atoms with Crippen molar-refractivity contribution in [3.8, 4) is 0 Å². The van der Waals surface area contributed by atoms with Crippen molar-refractivity contribution in [1.82, 2.24) is 9.97 Å². The van der Waals surface area contributed by atoms with Gasteiger partial charge in [-0.1, -0.05) is 24.4 Å². The first-order valence-corrected chi connectivity index (χ1v) is 8.34. The van der Waals surface area contributed by atoms with Crippen LogP contribution in [0.5, 0.6) is 0 Å². The van der Waals surface area contributed by atoms with Gasteiger partial charge >= 0.3 is 0 Å². The Hall–Kier alpha value is -0.710. The van der Waals surface area contributed by atoms with Crippen molar-refractivity contribution in [3.05, 3.63) is 21.4 Å². The summed E-state index contributed by atoms with van der Waals surface area (Å²) in [7, 11) is 0. The molecule has 0 aromatic carbocycles. The number of nitrogens with zero attached hydrogens (tertiary/aromatic N) is 2. The van der Waals surface area contributed by atoms with Crippen molar-refractivity contribution in [3.63, 3.8) is 0 Å². The number of thiophene rings is 1. The molecule has 0 bridgehead atoms. The first-order valence-electron chi connectivity index (χ1n) is 7.15. The third kappa shape index (κ3) is 2.83. The highest BCUT2D eigenvalue weighted by molar-refractivity contribution is 7.18. The molecule has 0 aliphatic heterocycles. The first-order chi connectivity index (χ1) is 9.65. The normalized spacial score (nSPS) is 16.4. The second kappa shape index (κ2) is 5.96. The van der Waals surface area contributed by atoms with Gasteiger partial charge in [-0.25, -0.2) is 9.97 Å². The van der Waals surface area contributed by atoms with Crippen LogP contribution < -0.4 is 0 Å². The molecule has 1 aliphatic rings. The van der Waals surface area contributed by atoms with Gasteiger partial charge in [-0.15, -0.1) is 11.3 Å². The summed E-state index contributed by atoms with van der Waals surface area (Å²) >= 11 is 7.96. The highest BCUT2D eigenvalue weighted by atomic mass is 35.5. The molecule has 0 unspecified atom stereocenters. The van der Waals surface area contributed by atoms with E-state index in [0.717, 1.165) is 22.7 Å². The van der Waals surface area contributed by atoms with Crippen LogP contribution in [0.15, 0.2) is 0 Å². The van der Waals surface area contributed by atoms with Crippen LogP contribution in [0.3, 0.4) is 0 Å². The summed E-state index contributed by atoms with van der Waals surface area (Å²) in [5.41, 5.74) is 1.19. The van der Waals surface area contributed by atoms with Crippen LogP contribution in [-0.4, -0.2) is 16.6 Å². The first kappa shape index (κ1) is 14.2. The van der Waals surface area contributed by atoms with Gasteiger partial charge in [0.15, 0.2) is 5.82 Å². The zero-order chi connectivity index (χ0) is 14.1. The molecule has 3 nitrogen and oxygen atoms in total. The van der Waals surface area contributed by atoms with Crippen LogP contribution in [0.25, 0.3) is 10.2 Å². The molecule has 5 heteroatoms. The van der Waals surface area contributed by atoms with Crippen LogP contribution >= 0.6 is 22.9 Å². The van der Waals surface area contributed by atoms with Crippen LogP contribution in [0.2, 0.25) is 5.15 Å². The summed E-state index contributed by atoms with van der Waals surface area (Å²) < 4.78 is 5.77. The van der Waals surface area contributed by atoms with Crippen LogP contribution in [0.4, 0.5) is 0 Å². The molecule has 0 radical (unpaired) electrons. The lowest BCUT2D eigenvalue weighted by Gasteiger charge is -2.09. The molecule has 0 atom stereocenters.